The molecule has 0 fully saturated rings. The summed E-state index contributed by atoms with van der Waals surface area (Å²) in [6, 6.07) is 0. The first kappa shape index (κ1) is 35.9. The fraction of sp³-hybridized carbons (Fsp3) is 0.516. The molecule has 0 bridgehead atoms. The molecule has 0 aromatic heterocycles. The van der Waals surface area contributed by atoms with E-state index in [-0.39, 0.29) is 18.6 Å². The predicted octanol–water partition coefficient (Wildman–Crippen LogP) is 2.16. The lowest BCUT2D eigenvalue weighted by Crippen LogP contribution is -2.47. The van der Waals surface area contributed by atoms with Gasteiger partial charge in [-0.3, -0.25) is 14.4 Å². The topological polar surface area (TPSA) is 171 Å². The Kier molecular flexibility index (Phi) is 14.8. The Balaban J connectivity index is 2.72. The second-order valence-electron chi connectivity index (χ2n) is 10.7. The number of carbonyl (C=O) groups is 3. The zero-order valence-corrected chi connectivity index (χ0v) is 24.4. The lowest BCUT2D eigenvalue weighted by atomic mass is 9.71. The van der Waals surface area contributed by atoms with Crippen molar-refractivity contribution in [1.29, 1.82) is 0 Å². The molecule has 10 heteroatoms. The van der Waals surface area contributed by atoms with Gasteiger partial charge in [0.05, 0.1) is 19.4 Å². The number of aliphatic hydroxyl groups is 5. The lowest BCUT2D eigenvalue weighted by molar-refractivity contribution is -0.161. The van der Waals surface area contributed by atoms with Gasteiger partial charge in [-0.15, -0.1) is 0 Å². The molecule has 0 heterocycles. The number of rotatable bonds is 15. The third kappa shape index (κ3) is 11.7. The van der Waals surface area contributed by atoms with Crippen molar-refractivity contribution in [3.8, 4) is 0 Å². The predicted molar refractivity (Wildman–Crippen MR) is 153 cm³/mol. The lowest BCUT2D eigenvalue weighted by Gasteiger charge is -2.36. The van der Waals surface area contributed by atoms with Crippen molar-refractivity contribution in [3.63, 3.8) is 0 Å². The first-order chi connectivity index (χ1) is 19.1. The van der Waals surface area contributed by atoms with Crippen LogP contribution < -0.4 is 0 Å². The Morgan fingerprint density at radius 1 is 1.00 bits per heavy atom. The van der Waals surface area contributed by atoms with Gasteiger partial charge >= 0.3 is 11.9 Å². The minimum atomic E-state index is -1.88. The average Bonchev–Trinajstić information content (AvgIpc) is 2.91. The molecule has 0 aliphatic heterocycles. The van der Waals surface area contributed by atoms with E-state index in [1.807, 2.05) is 64.2 Å². The largest absolute Gasteiger partial charge is 0.463 e. The van der Waals surface area contributed by atoms with Crippen molar-refractivity contribution in [2.24, 2.45) is 5.41 Å². The molecule has 41 heavy (non-hydrogen) atoms. The van der Waals surface area contributed by atoms with Crippen LogP contribution >= 0.6 is 0 Å². The number of allylic oxidation sites excluding steroid dienone is 10. The molecule has 0 saturated heterocycles. The van der Waals surface area contributed by atoms with Crippen LogP contribution in [0.3, 0.4) is 0 Å². The van der Waals surface area contributed by atoms with E-state index in [9.17, 15) is 34.8 Å². The van der Waals surface area contributed by atoms with E-state index in [1.165, 1.54) is 0 Å². The molecule has 0 aromatic rings. The second-order valence-corrected chi connectivity index (χ2v) is 10.7. The Hall–Kier alpha value is -3.15. The SMILES string of the molecule is C=CC=C(C)C=CC=C(C)C=CC1=C(C)C(=O)C(OC(=O)CCC(=O)OCC(O)C(O)C(O)C(O)CO)CC1(C)C. The molecule has 5 atom stereocenters. The third-order valence-corrected chi connectivity index (χ3v) is 6.65. The van der Waals surface area contributed by atoms with E-state index in [2.05, 4.69) is 6.58 Å². The maximum atomic E-state index is 13.0. The molecule has 0 radical (unpaired) electrons. The van der Waals surface area contributed by atoms with Crippen molar-refractivity contribution in [2.45, 2.75) is 84.4 Å². The summed E-state index contributed by atoms with van der Waals surface area (Å²) >= 11 is 0. The summed E-state index contributed by atoms with van der Waals surface area (Å²) in [7, 11) is 0. The molecule has 5 unspecified atom stereocenters. The van der Waals surface area contributed by atoms with Crippen LogP contribution in [0.5, 0.6) is 0 Å². The van der Waals surface area contributed by atoms with Crippen LogP contribution in [0.15, 0.2) is 71.4 Å². The standard InChI is InChI=1S/C31H44O10/c1-7-9-19(2)10-8-11-20(3)12-13-22-21(4)28(37)25(16-31(22,5)6)41-27(36)15-14-26(35)40-18-24(34)30(39)29(38)23(33)17-32/h7-13,23-25,29-30,32-34,38-39H,1,14-18H2,2-6H3. The molecule has 1 rings (SSSR count). The van der Waals surface area contributed by atoms with E-state index in [1.54, 1.807) is 13.0 Å². The molecular formula is C31H44O10. The van der Waals surface area contributed by atoms with Crippen molar-refractivity contribution in [1.82, 2.24) is 0 Å². The molecule has 1 aliphatic carbocycles. The normalized spacial score (nSPS) is 21.1. The molecular weight excluding hydrogens is 532 g/mol. The number of ether oxygens (including phenoxy) is 2. The third-order valence-electron chi connectivity index (χ3n) is 6.65. The molecule has 10 nitrogen and oxygen atoms in total. The zero-order valence-electron chi connectivity index (χ0n) is 24.4. The summed E-state index contributed by atoms with van der Waals surface area (Å²) in [5.74, 6) is -1.96. The number of hydrogen-bond acceptors (Lipinski definition) is 10. The highest BCUT2D eigenvalue weighted by molar-refractivity contribution is 6.01. The Labute approximate surface area is 241 Å². The summed E-state index contributed by atoms with van der Waals surface area (Å²) in [5, 5.41) is 47.3. The molecule has 0 spiro atoms. The molecule has 228 valence electrons. The fourth-order valence-electron chi connectivity index (χ4n) is 4.19. The summed E-state index contributed by atoms with van der Waals surface area (Å²) in [4.78, 5) is 37.4. The van der Waals surface area contributed by atoms with Crippen molar-refractivity contribution in [2.75, 3.05) is 13.2 Å². The maximum Gasteiger partial charge on any atom is 0.307 e. The van der Waals surface area contributed by atoms with Gasteiger partial charge in [-0.25, -0.2) is 0 Å². The monoisotopic (exact) mass is 576 g/mol. The maximum absolute atomic E-state index is 13.0. The van der Waals surface area contributed by atoms with Gasteiger partial charge in [0.15, 0.2) is 11.9 Å². The van der Waals surface area contributed by atoms with Gasteiger partial charge in [0.1, 0.15) is 31.0 Å². The quantitative estimate of drug-likeness (QED) is 0.144. The summed E-state index contributed by atoms with van der Waals surface area (Å²) in [6.07, 6.45) is 4.62. The zero-order chi connectivity index (χ0) is 31.3. The highest BCUT2D eigenvalue weighted by Crippen LogP contribution is 2.40. The van der Waals surface area contributed by atoms with Gasteiger partial charge in [-0.2, -0.15) is 0 Å². The van der Waals surface area contributed by atoms with Crippen LogP contribution in [-0.2, 0) is 23.9 Å². The summed E-state index contributed by atoms with van der Waals surface area (Å²) < 4.78 is 10.2. The van der Waals surface area contributed by atoms with Crippen molar-refractivity contribution in [3.05, 3.63) is 71.4 Å². The second kappa shape index (κ2) is 17.0. The van der Waals surface area contributed by atoms with Gasteiger partial charge in [0.25, 0.3) is 0 Å². The Bertz CT molecular complexity index is 1090. The van der Waals surface area contributed by atoms with Crippen molar-refractivity contribution >= 4 is 17.7 Å². The van der Waals surface area contributed by atoms with Crippen LogP contribution in [0.4, 0.5) is 0 Å². The van der Waals surface area contributed by atoms with Crippen LogP contribution in [0.25, 0.3) is 0 Å². The first-order valence-corrected chi connectivity index (χ1v) is 13.4. The van der Waals surface area contributed by atoms with Gasteiger partial charge in [0, 0.05) is 6.42 Å². The van der Waals surface area contributed by atoms with E-state index < -0.39 is 67.5 Å². The van der Waals surface area contributed by atoms with Crippen LogP contribution in [0, 0.1) is 5.41 Å². The van der Waals surface area contributed by atoms with Crippen LogP contribution in [0.1, 0.15) is 53.9 Å². The van der Waals surface area contributed by atoms with Crippen molar-refractivity contribution < 1.29 is 49.4 Å². The van der Waals surface area contributed by atoms with E-state index in [0.717, 1.165) is 16.7 Å². The minimum absolute atomic E-state index is 0.263. The van der Waals surface area contributed by atoms with Gasteiger partial charge in [-0.1, -0.05) is 74.1 Å². The Morgan fingerprint density at radius 2 is 1.59 bits per heavy atom. The molecule has 5 N–H and O–H groups in total. The highest BCUT2D eigenvalue weighted by atomic mass is 16.6. The van der Waals surface area contributed by atoms with Crippen LogP contribution in [-0.4, -0.2) is 87.0 Å². The molecule has 0 saturated carbocycles. The fourth-order valence-corrected chi connectivity index (χ4v) is 4.19. The van der Waals surface area contributed by atoms with E-state index >= 15 is 0 Å². The number of esters is 2. The number of ketones is 1. The van der Waals surface area contributed by atoms with E-state index in [0.29, 0.717) is 5.57 Å². The molecule has 0 amide bonds. The Morgan fingerprint density at radius 3 is 2.20 bits per heavy atom. The smallest absolute Gasteiger partial charge is 0.307 e. The average molecular weight is 577 g/mol. The molecule has 1 aliphatic rings. The van der Waals surface area contributed by atoms with Gasteiger partial charge < -0.3 is 35.0 Å². The minimum Gasteiger partial charge on any atom is -0.463 e. The summed E-state index contributed by atoms with van der Waals surface area (Å²) in [6.45, 7) is 11.6. The number of aliphatic hydroxyl groups excluding tert-OH is 5. The van der Waals surface area contributed by atoms with Gasteiger partial charge in [-0.05, 0) is 37.3 Å². The molecule has 0 aromatic carbocycles. The van der Waals surface area contributed by atoms with Crippen LogP contribution in [0.2, 0.25) is 0 Å². The highest BCUT2D eigenvalue weighted by Gasteiger charge is 2.40. The van der Waals surface area contributed by atoms with Gasteiger partial charge in [0.2, 0.25) is 0 Å². The van der Waals surface area contributed by atoms with E-state index in [4.69, 9.17) is 14.6 Å². The number of hydrogen-bond donors (Lipinski definition) is 5. The number of carbonyl (C=O) groups excluding carboxylic acids is 3. The summed E-state index contributed by atoms with van der Waals surface area (Å²) in [5.41, 5.74) is 2.91. The first-order valence-electron chi connectivity index (χ1n) is 13.4. The number of Topliss-reactive ketones (excluding diaryl/α,β-unsaturated/α-hetero) is 1.